The van der Waals surface area contributed by atoms with Crippen LogP contribution >= 0.6 is 45.2 Å². The minimum absolute atomic E-state index is 0.337. The van der Waals surface area contributed by atoms with Crippen LogP contribution in [0, 0.1) is 7.14 Å². The van der Waals surface area contributed by atoms with Gasteiger partial charge in [-0.1, -0.05) is 5.11 Å². The van der Waals surface area contributed by atoms with Gasteiger partial charge in [0.25, 0.3) is 0 Å². The molecule has 0 aliphatic rings. The maximum atomic E-state index is 11.5. The van der Waals surface area contributed by atoms with Gasteiger partial charge in [0.05, 0.1) is 17.9 Å². The number of nitrogens with zero attached hydrogens (tertiary/aromatic N) is 3. The second-order valence-electron chi connectivity index (χ2n) is 2.70. The molecule has 0 fully saturated rings. The number of hydrogen-bond donors (Lipinski definition) is 0. The Labute approximate surface area is 119 Å². The van der Waals surface area contributed by atoms with Crippen molar-refractivity contribution in [2.24, 2.45) is 5.11 Å². The van der Waals surface area contributed by atoms with Crippen LogP contribution in [0.2, 0.25) is 0 Å². The van der Waals surface area contributed by atoms with Crippen LogP contribution < -0.4 is 0 Å². The number of halogens is 2. The summed E-state index contributed by atoms with van der Waals surface area (Å²) in [6.45, 7) is 2.09. The molecule has 0 aliphatic carbocycles. The Morgan fingerprint density at radius 1 is 1.50 bits per heavy atom. The highest BCUT2D eigenvalue weighted by atomic mass is 127. The molecular weight excluding hydrogens is 436 g/mol. The van der Waals surface area contributed by atoms with E-state index in [9.17, 15) is 4.79 Å². The zero-order chi connectivity index (χ0) is 12.1. The molecular formula is C9H7I2N3O2. The molecule has 0 heterocycles. The Balaban J connectivity index is 3.19. The molecule has 0 saturated carbocycles. The highest BCUT2D eigenvalue weighted by Crippen LogP contribution is 2.29. The Hall–Kier alpha value is -0.540. The first-order valence-electron chi connectivity index (χ1n) is 4.31. The fourth-order valence-electron chi connectivity index (χ4n) is 1.04. The number of hydrogen-bond acceptors (Lipinski definition) is 3. The van der Waals surface area contributed by atoms with E-state index in [0.29, 0.717) is 17.9 Å². The third-order valence-electron chi connectivity index (χ3n) is 1.67. The molecule has 7 heteroatoms. The number of azide groups is 1. The summed E-state index contributed by atoms with van der Waals surface area (Å²) >= 11 is 4.04. The summed E-state index contributed by atoms with van der Waals surface area (Å²) in [6.07, 6.45) is 0. The largest absolute Gasteiger partial charge is 0.462 e. The van der Waals surface area contributed by atoms with Crippen LogP contribution in [0.3, 0.4) is 0 Å². The molecule has 0 aromatic heterocycles. The molecule has 0 amide bonds. The minimum atomic E-state index is -0.370. The fourth-order valence-corrected chi connectivity index (χ4v) is 3.02. The number of carbonyl (C=O) groups excluding carboxylic acids is 1. The number of rotatable bonds is 3. The van der Waals surface area contributed by atoms with Crippen molar-refractivity contribution >= 4 is 56.8 Å². The van der Waals surface area contributed by atoms with Gasteiger partial charge in [-0.2, -0.15) is 0 Å². The van der Waals surface area contributed by atoms with Gasteiger partial charge in [-0.25, -0.2) is 4.79 Å². The second-order valence-corrected chi connectivity index (χ2v) is 5.02. The Kier molecular flexibility index (Phi) is 5.29. The highest BCUT2D eigenvalue weighted by molar-refractivity contribution is 14.1. The summed E-state index contributed by atoms with van der Waals surface area (Å²) in [6, 6.07) is 3.29. The lowest BCUT2D eigenvalue weighted by Gasteiger charge is -2.06. The topological polar surface area (TPSA) is 75.1 Å². The molecule has 0 atom stereocenters. The van der Waals surface area contributed by atoms with Crippen LogP contribution in [0.25, 0.3) is 10.4 Å². The average Bonchev–Trinajstić information content (AvgIpc) is 2.23. The van der Waals surface area contributed by atoms with Gasteiger partial charge < -0.3 is 4.74 Å². The van der Waals surface area contributed by atoms with Crippen LogP contribution in [0.5, 0.6) is 0 Å². The van der Waals surface area contributed by atoms with E-state index in [-0.39, 0.29) is 5.97 Å². The van der Waals surface area contributed by atoms with Crippen molar-refractivity contribution in [2.45, 2.75) is 6.92 Å². The van der Waals surface area contributed by atoms with E-state index < -0.39 is 0 Å². The zero-order valence-electron chi connectivity index (χ0n) is 8.28. The standard InChI is InChI=1S/C9H7I2N3O2/c1-2-16-9(15)5-3-6(10)8(13-14-12)7(11)4-5/h3-4H,2H2,1H3. The van der Waals surface area contributed by atoms with Crippen LogP contribution in [-0.2, 0) is 4.74 Å². The third-order valence-corrected chi connectivity index (χ3v) is 3.32. The molecule has 1 aromatic rings. The molecule has 16 heavy (non-hydrogen) atoms. The summed E-state index contributed by atoms with van der Waals surface area (Å²) in [4.78, 5) is 14.2. The van der Waals surface area contributed by atoms with Crippen LogP contribution in [0.1, 0.15) is 17.3 Å². The monoisotopic (exact) mass is 443 g/mol. The van der Waals surface area contributed by atoms with Crippen LogP contribution in [-0.4, -0.2) is 12.6 Å². The summed E-state index contributed by atoms with van der Waals surface area (Å²) in [5.41, 5.74) is 9.40. The first-order chi connectivity index (χ1) is 7.60. The van der Waals surface area contributed by atoms with E-state index in [1.165, 1.54) is 0 Å². The van der Waals surface area contributed by atoms with Crippen LogP contribution in [0.4, 0.5) is 5.69 Å². The Morgan fingerprint density at radius 3 is 2.50 bits per heavy atom. The van der Waals surface area contributed by atoms with E-state index >= 15 is 0 Å². The minimum Gasteiger partial charge on any atom is -0.462 e. The fraction of sp³-hybridized carbons (Fsp3) is 0.222. The van der Waals surface area contributed by atoms with Crippen molar-refractivity contribution in [3.63, 3.8) is 0 Å². The van der Waals surface area contributed by atoms with E-state index in [1.54, 1.807) is 19.1 Å². The lowest BCUT2D eigenvalue weighted by Crippen LogP contribution is -2.05. The van der Waals surface area contributed by atoms with Gasteiger partial charge in [-0.05, 0) is 69.8 Å². The number of esters is 1. The van der Waals surface area contributed by atoms with Gasteiger partial charge in [0.2, 0.25) is 0 Å². The normalized spacial score (nSPS) is 9.44. The maximum Gasteiger partial charge on any atom is 0.338 e. The van der Waals surface area contributed by atoms with E-state index in [1.807, 2.05) is 45.2 Å². The van der Waals surface area contributed by atoms with Gasteiger partial charge in [0, 0.05) is 12.1 Å². The van der Waals surface area contributed by atoms with Gasteiger partial charge in [0.1, 0.15) is 0 Å². The Bertz CT molecular complexity index is 447. The molecule has 0 unspecified atom stereocenters. The molecule has 1 aromatic carbocycles. The summed E-state index contributed by atoms with van der Waals surface area (Å²) in [7, 11) is 0. The van der Waals surface area contributed by atoms with E-state index in [0.717, 1.165) is 7.14 Å². The smallest absolute Gasteiger partial charge is 0.338 e. The third kappa shape index (κ3) is 3.22. The van der Waals surface area contributed by atoms with Crippen molar-refractivity contribution in [3.05, 3.63) is 35.3 Å². The lowest BCUT2D eigenvalue weighted by molar-refractivity contribution is 0.0526. The van der Waals surface area contributed by atoms with Gasteiger partial charge >= 0.3 is 5.97 Å². The summed E-state index contributed by atoms with van der Waals surface area (Å²) < 4.78 is 6.34. The van der Waals surface area contributed by atoms with E-state index in [2.05, 4.69) is 10.0 Å². The van der Waals surface area contributed by atoms with Gasteiger partial charge in [-0.15, -0.1) is 0 Å². The van der Waals surface area contributed by atoms with Crippen molar-refractivity contribution in [2.75, 3.05) is 6.61 Å². The number of ether oxygens (including phenoxy) is 1. The second kappa shape index (κ2) is 6.26. The molecule has 0 spiro atoms. The lowest BCUT2D eigenvalue weighted by atomic mass is 10.2. The van der Waals surface area contributed by atoms with Crippen molar-refractivity contribution < 1.29 is 9.53 Å². The quantitative estimate of drug-likeness (QED) is 0.233. The van der Waals surface area contributed by atoms with Crippen LogP contribution in [0.15, 0.2) is 17.2 Å². The average molecular weight is 443 g/mol. The number of benzene rings is 1. The first-order valence-corrected chi connectivity index (χ1v) is 6.47. The predicted octanol–water partition coefficient (Wildman–Crippen LogP) is 4.01. The molecule has 0 saturated heterocycles. The van der Waals surface area contributed by atoms with Crippen molar-refractivity contribution in [3.8, 4) is 0 Å². The van der Waals surface area contributed by atoms with Gasteiger partial charge in [0.15, 0.2) is 0 Å². The first kappa shape index (κ1) is 13.5. The molecule has 5 nitrogen and oxygen atoms in total. The zero-order valence-corrected chi connectivity index (χ0v) is 12.6. The van der Waals surface area contributed by atoms with E-state index in [4.69, 9.17) is 10.3 Å². The molecule has 0 N–H and O–H groups in total. The molecule has 1 rings (SSSR count). The molecule has 0 aliphatic heterocycles. The highest BCUT2D eigenvalue weighted by Gasteiger charge is 2.12. The van der Waals surface area contributed by atoms with Crippen molar-refractivity contribution in [1.29, 1.82) is 0 Å². The molecule has 84 valence electrons. The molecule has 0 radical (unpaired) electrons. The van der Waals surface area contributed by atoms with Crippen molar-refractivity contribution in [1.82, 2.24) is 0 Å². The van der Waals surface area contributed by atoms with Gasteiger partial charge in [-0.3, -0.25) is 0 Å². The Morgan fingerprint density at radius 2 is 2.06 bits per heavy atom. The predicted molar refractivity (Wildman–Crippen MR) is 76.6 cm³/mol. The number of carbonyl (C=O) groups is 1. The molecule has 0 bridgehead atoms. The summed E-state index contributed by atoms with van der Waals surface area (Å²) in [5, 5.41) is 3.57. The maximum absolute atomic E-state index is 11.5. The SMILES string of the molecule is CCOC(=O)c1cc(I)c(N=[N+]=[N-])c(I)c1. The summed E-state index contributed by atoms with van der Waals surface area (Å²) in [5.74, 6) is -0.370.